The van der Waals surface area contributed by atoms with Gasteiger partial charge in [-0.2, -0.15) is 5.10 Å². The number of halogens is 1. The fraction of sp³-hybridized carbons (Fsp3) is 0.412. The predicted octanol–water partition coefficient (Wildman–Crippen LogP) is 2.30. The molecule has 0 saturated carbocycles. The number of piperazine rings is 1. The second-order valence-corrected chi connectivity index (χ2v) is 6.73. The van der Waals surface area contributed by atoms with Crippen molar-refractivity contribution >= 4 is 21.8 Å². The number of benzene rings is 1. The molecule has 1 aromatic heterocycles. The maximum absolute atomic E-state index is 12.4. The molecule has 1 saturated heterocycles. The van der Waals surface area contributed by atoms with E-state index in [1.807, 2.05) is 24.0 Å². The first-order valence-corrected chi connectivity index (χ1v) is 8.65. The summed E-state index contributed by atoms with van der Waals surface area (Å²) in [6, 6.07) is 10.2. The summed E-state index contributed by atoms with van der Waals surface area (Å²) in [7, 11) is 0. The summed E-state index contributed by atoms with van der Waals surface area (Å²) in [4.78, 5) is 16.7. The molecule has 2 heterocycles. The minimum Gasteiger partial charge on any atom is -0.339 e. The molecule has 3 rings (SSSR count). The van der Waals surface area contributed by atoms with Gasteiger partial charge in [0.15, 0.2) is 0 Å². The molecule has 2 aromatic rings. The van der Waals surface area contributed by atoms with Crippen molar-refractivity contribution in [3.63, 3.8) is 0 Å². The third-order valence-electron chi connectivity index (χ3n) is 4.29. The molecule has 0 bridgehead atoms. The maximum atomic E-state index is 12.4. The van der Waals surface area contributed by atoms with E-state index < -0.39 is 0 Å². The lowest BCUT2D eigenvalue weighted by Gasteiger charge is -2.35. The standard InChI is InChI=1S/C17H21BrN4O/c1-14-6-7-19-22(14)13-17(23)21-10-8-20(9-11-21)12-15-4-2-3-5-16(15)18/h2-7H,8-13H2,1H3. The fourth-order valence-electron chi connectivity index (χ4n) is 2.82. The lowest BCUT2D eigenvalue weighted by Crippen LogP contribution is -2.49. The van der Waals surface area contributed by atoms with Gasteiger partial charge in [0.2, 0.25) is 5.91 Å². The zero-order valence-corrected chi connectivity index (χ0v) is 14.9. The molecule has 1 amide bonds. The van der Waals surface area contributed by atoms with E-state index in [9.17, 15) is 4.79 Å². The van der Waals surface area contributed by atoms with Gasteiger partial charge in [-0.3, -0.25) is 14.4 Å². The van der Waals surface area contributed by atoms with Crippen LogP contribution in [0.3, 0.4) is 0 Å². The number of carbonyl (C=O) groups is 1. The molecule has 0 radical (unpaired) electrons. The van der Waals surface area contributed by atoms with E-state index in [2.05, 4.69) is 44.1 Å². The van der Waals surface area contributed by atoms with E-state index in [1.54, 1.807) is 10.9 Å². The first-order chi connectivity index (χ1) is 11.1. The molecule has 122 valence electrons. The van der Waals surface area contributed by atoms with Crippen molar-refractivity contribution in [3.8, 4) is 0 Å². The molecule has 23 heavy (non-hydrogen) atoms. The number of carbonyl (C=O) groups excluding carboxylic acids is 1. The van der Waals surface area contributed by atoms with Crippen LogP contribution in [0.2, 0.25) is 0 Å². The number of aromatic nitrogens is 2. The van der Waals surface area contributed by atoms with Crippen molar-refractivity contribution in [2.45, 2.75) is 20.0 Å². The first-order valence-electron chi connectivity index (χ1n) is 7.85. The zero-order valence-electron chi connectivity index (χ0n) is 13.3. The van der Waals surface area contributed by atoms with Gasteiger partial charge in [0.25, 0.3) is 0 Å². The Morgan fingerprint density at radius 1 is 1.17 bits per heavy atom. The summed E-state index contributed by atoms with van der Waals surface area (Å²) in [6.07, 6.45) is 1.73. The second-order valence-electron chi connectivity index (χ2n) is 5.88. The van der Waals surface area contributed by atoms with Gasteiger partial charge in [-0.15, -0.1) is 0 Å². The highest BCUT2D eigenvalue weighted by molar-refractivity contribution is 9.10. The number of hydrogen-bond acceptors (Lipinski definition) is 3. The van der Waals surface area contributed by atoms with Crippen molar-refractivity contribution in [1.29, 1.82) is 0 Å². The van der Waals surface area contributed by atoms with Crippen LogP contribution in [0, 0.1) is 6.92 Å². The van der Waals surface area contributed by atoms with Crippen molar-refractivity contribution < 1.29 is 4.79 Å². The van der Waals surface area contributed by atoms with Crippen LogP contribution in [0.25, 0.3) is 0 Å². The topological polar surface area (TPSA) is 41.4 Å². The number of amides is 1. The Labute approximate surface area is 145 Å². The molecule has 0 atom stereocenters. The highest BCUT2D eigenvalue weighted by Gasteiger charge is 2.22. The van der Waals surface area contributed by atoms with Crippen molar-refractivity contribution in [2.75, 3.05) is 26.2 Å². The Morgan fingerprint density at radius 2 is 1.91 bits per heavy atom. The van der Waals surface area contributed by atoms with E-state index in [-0.39, 0.29) is 5.91 Å². The quantitative estimate of drug-likeness (QED) is 0.821. The van der Waals surface area contributed by atoms with Crippen molar-refractivity contribution in [1.82, 2.24) is 19.6 Å². The summed E-state index contributed by atoms with van der Waals surface area (Å²) >= 11 is 3.60. The van der Waals surface area contributed by atoms with Crippen LogP contribution in [-0.2, 0) is 17.9 Å². The number of rotatable bonds is 4. The van der Waals surface area contributed by atoms with E-state index in [0.29, 0.717) is 6.54 Å². The predicted molar refractivity (Wildman–Crippen MR) is 93.0 cm³/mol. The normalized spacial score (nSPS) is 15.8. The summed E-state index contributed by atoms with van der Waals surface area (Å²) in [6.45, 7) is 6.60. The van der Waals surface area contributed by atoms with E-state index >= 15 is 0 Å². The summed E-state index contributed by atoms with van der Waals surface area (Å²) in [5, 5.41) is 4.18. The van der Waals surface area contributed by atoms with Gasteiger partial charge in [0.1, 0.15) is 6.54 Å². The van der Waals surface area contributed by atoms with E-state index in [1.165, 1.54) is 5.56 Å². The summed E-state index contributed by atoms with van der Waals surface area (Å²) in [5.41, 5.74) is 2.31. The molecular formula is C17H21BrN4O. The largest absolute Gasteiger partial charge is 0.339 e. The lowest BCUT2D eigenvalue weighted by atomic mass is 10.2. The highest BCUT2D eigenvalue weighted by Crippen LogP contribution is 2.18. The third-order valence-corrected chi connectivity index (χ3v) is 5.06. The minimum atomic E-state index is 0.150. The third kappa shape index (κ3) is 4.00. The Kier molecular flexibility index (Phi) is 5.13. The molecule has 0 spiro atoms. The zero-order chi connectivity index (χ0) is 16.2. The van der Waals surface area contributed by atoms with Crippen LogP contribution >= 0.6 is 15.9 Å². The van der Waals surface area contributed by atoms with Crippen LogP contribution in [0.5, 0.6) is 0 Å². The summed E-state index contributed by atoms with van der Waals surface area (Å²) < 4.78 is 2.91. The van der Waals surface area contributed by atoms with Crippen molar-refractivity contribution in [2.24, 2.45) is 0 Å². The monoisotopic (exact) mass is 376 g/mol. The van der Waals surface area contributed by atoms with Gasteiger partial charge >= 0.3 is 0 Å². The molecule has 0 unspecified atom stereocenters. The molecule has 0 aliphatic carbocycles. The average molecular weight is 377 g/mol. The highest BCUT2D eigenvalue weighted by atomic mass is 79.9. The molecule has 1 aliphatic rings. The molecule has 5 nitrogen and oxygen atoms in total. The van der Waals surface area contributed by atoms with E-state index in [4.69, 9.17) is 0 Å². The van der Waals surface area contributed by atoms with Crippen molar-refractivity contribution in [3.05, 3.63) is 52.3 Å². The number of nitrogens with zero attached hydrogens (tertiary/aromatic N) is 4. The molecule has 1 fully saturated rings. The maximum Gasteiger partial charge on any atom is 0.244 e. The molecule has 0 N–H and O–H groups in total. The van der Waals surface area contributed by atoms with Gasteiger partial charge in [0.05, 0.1) is 0 Å². The van der Waals surface area contributed by atoms with Crippen LogP contribution in [0.4, 0.5) is 0 Å². The van der Waals surface area contributed by atoms with Crippen LogP contribution < -0.4 is 0 Å². The van der Waals surface area contributed by atoms with Crippen LogP contribution in [0.15, 0.2) is 41.0 Å². The van der Waals surface area contributed by atoms with Gasteiger partial charge in [-0.05, 0) is 24.6 Å². The smallest absolute Gasteiger partial charge is 0.244 e. The van der Waals surface area contributed by atoms with Crippen LogP contribution in [0.1, 0.15) is 11.3 Å². The molecule has 6 heteroatoms. The fourth-order valence-corrected chi connectivity index (χ4v) is 3.23. The van der Waals surface area contributed by atoms with Gasteiger partial charge < -0.3 is 4.90 Å². The summed E-state index contributed by atoms with van der Waals surface area (Å²) in [5.74, 6) is 0.150. The average Bonchev–Trinajstić information content (AvgIpc) is 2.95. The van der Waals surface area contributed by atoms with Gasteiger partial charge in [-0.1, -0.05) is 34.1 Å². The van der Waals surface area contributed by atoms with Gasteiger partial charge in [0, 0.05) is 49.1 Å². The van der Waals surface area contributed by atoms with E-state index in [0.717, 1.165) is 42.9 Å². The minimum absolute atomic E-state index is 0.150. The molecule has 1 aliphatic heterocycles. The Bertz CT molecular complexity index is 677. The second kappa shape index (κ2) is 7.27. The molecule has 1 aromatic carbocycles. The first kappa shape index (κ1) is 16.2. The molecular weight excluding hydrogens is 356 g/mol. The Hall–Kier alpha value is -1.66. The van der Waals surface area contributed by atoms with Crippen LogP contribution in [-0.4, -0.2) is 51.7 Å². The Balaban J connectivity index is 1.51. The number of aryl methyl sites for hydroxylation is 1. The van der Waals surface area contributed by atoms with Gasteiger partial charge in [-0.25, -0.2) is 0 Å². The lowest BCUT2D eigenvalue weighted by molar-refractivity contribution is -0.133. The number of hydrogen-bond donors (Lipinski definition) is 0. The SMILES string of the molecule is Cc1ccnn1CC(=O)N1CCN(Cc2ccccc2Br)CC1. The Morgan fingerprint density at radius 3 is 2.57 bits per heavy atom.